The molecule has 0 aromatic carbocycles. The van der Waals surface area contributed by atoms with E-state index in [2.05, 4.69) is 10.8 Å². The summed E-state index contributed by atoms with van der Waals surface area (Å²) in [5.74, 6) is -0.472. The summed E-state index contributed by atoms with van der Waals surface area (Å²) in [4.78, 5) is 10.8. The molecular weight excluding hydrogens is 130 g/mol. The van der Waals surface area contributed by atoms with Gasteiger partial charge in [0.1, 0.15) is 0 Å². The van der Waals surface area contributed by atoms with Crippen LogP contribution in [0.15, 0.2) is 0 Å². The molecule has 10 heavy (non-hydrogen) atoms. The highest BCUT2D eigenvalue weighted by atomic mass is 16.5. The lowest BCUT2D eigenvalue weighted by atomic mass is 9.75. The van der Waals surface area contributed by atoms with E-state index < -0.39 is 0 Å². The summed E-state index contributed by atoms with van der Waals surface area (Å²) in [6.07, 6.45) is 1.65. The minimum atomic E-state index is -0.238. The molecule has 0 aromatic heterocycles. The zero-order chi connectivity index (χ0) is 7.56. The third-order valence-electron chi connectivity index (χ3n) is 1.94. The van der Waals surface area contributed by atoms with E-state index in [4.69, 9.17) is 5.26 Å². The number of nitriles is 1. The van der Waals surface area contributed by atoms with Crippen LogP contribution in [0, 0.1) is 23.2 Å². The number of hydrogen-bond donors (Lipinski definition) is 0. The number of hydrogen-bond acceptors (Lipinski definition) is 3. The Kier molecular flexibility index (Phi) is 1.91. The van der Waals surface area contributed by atoms with Crippen LogP contribution >= 0.6 is 0 Å². The van der Waals surface area contributed by atoms with Crippen molar-refractivity contribution in [2.24, 2.45) is 11.8 Å². The van der Waals surface area contributed by atoms with Gasteiger partial charge in [0, 0.05) is 0 Å². The molecule has 1 rings (SSSR count). The molecule has 0 saturated heterocycles. The fraction of sp³-hybridized carbons (Fsp3) is 0.714. The zero-order valence-electron chi connectivity index (χ0n) is 5.83. The summed E-state index contributed by atoms with van der Waals surface area (Å²) in [5, 5.41) is 8.44. The quantitative estimate of drug-likeness (QED) is 0.502. The number of ether oxygens (including phenoxy) is 1. The Hall–Kier alpha value is -1.04. The molecule has 0 N–H and O–H groups in total. The lowest BCUT2D eigenvalue weighted by molar-refractivity contribution is -0.150. The van der Waals surface area contributed by atoms with Gasteiger partial charge >= 0.3 is 5.97 Å². The largest absolute Gasteiger partial charge is 0.469 e. The van der Waals surface area contributed by atoms with Gasteiger partial charge in [-0.2, -0.15) is 5.26 Å². The monoisotopic (exact) mass is 139 g/mol. The van der Waals surface area contributed by atoms with Crippen molar-refractivity contribution in [2.75, 3.05) is 7.11 Å². The van der Waals surface area contributed by atoms with Gasteiger partial charge in [-0.25, -0.2) is 0 Å². The van der Waals surface area contributed by atoms with Crippen LogP contribution in [0.2, 0.25) is 0 Å². The molecule has 0 heterocycles. The smallest absolute Gasteiger partial charge is 0.309 e. The van der Waals surface area contributed by atoms with Crippen molar-refractivity contribution in [1.82, 2.24) is 0 Å². The van der Waals surface area contributed by atoms with Crippen LogP contribution in [0.5, 0.6) is 0 Å². The summed E-state index contributed by atoms with van der Waals surface area (Å²) in [6, 6.07) is 2.07. The van der Waals surface area contributed by atoms with Gasteiger partial charge in [-0.1, -0.05) is 0 Å². The minimum absolute atomic E-state index is 0.0903. The number of esters is 1. The van der Waals surface area contributed by atoms with Crippen LogP contribution in [0.4, 0.5) is 0 Å². The minimum Gasteiger partial charge on any atom is -0.469 e. The van der Waals surface area contributed by atoms with Gasteiger partial charge in [0.25, 0.3) is 0 Å². The molecule has 0 aromatic rings. The van der Waals surface area contributed by atoms with E-state index in [-0.39, 0.29) is 17.8 Å². The third kappa shape index (κ3) is 0.971. The fourth-order valence-corrected chi connectivity index (χ4v) is 1.09. The lowest BCUT2D eigenvalue weighted by Crippen LogP contribution is -2.32. The van der Waals surface area contributed by atoms with Crippen molar-refractivity contribution in [3.63, 3.8) is 0 Å². The summed E-state index contributed by atoms with van der Waals surface area (Å²) in [6.45, 7) is 0. The molecule has 1 aliphatic carbocycles. The van der Waals surface area contributed by atoms with E-state index >= 15 is 0 Å². The molecule has 0 spiro atoms. The molecular formula is C7H9NO2. The topological polar surface area (TPSA) is 50.1 Å². The van der Waals surface area contributed by atoms with Crippen molar-refractivity contribution in [3.05, 3.63) is 0 Å². The molecule has 54 valence electrons. The number of nitrogens with zero attached hydrogens (tertiary/aromatic N) is 1. The highest BCUT2D eigenvalue weighted by Gasteiger charge is 2.37. The molecule has 3 heteroatoms. The summed E-state index contributed by atoms with van der Waals surface area (Å²) >= 11 is 0. The standard InChI is InChI=1S/C7H9NO2/c1-10-7(9)6-3-2-5(6)4-8/h5-6H,2-3H2,1H3/t5-,6+/m0/s1. The first-order valence-electron chi connectivity index (χ1n) is 3.27. The predicted molar refractivity (Wildman–Crippen MR) is 33.8 cm³/mol. The maximum absolute atomic E-state index is 10.8. The molecule has 0 bridgehead atoms. The second-order valence-corrected chi connectivity index (χ2v) is 2.44. The van der Waals surface area contributed by atoms with Gasteiger partial charge in [-0.15, -0.1) is 0 Å². The highest BCUT2D eigenvalue weighted by molar-refractivity contribution is 5.74. The summed E-state index contributed by atoms with van der Waals surface area (Å²) < 4.78 is 4.50. The van der Waals surface area contributed by atoms with Crippen molar-refractivity contribution in [3.8, 4) is 6.07 Å². The Morgan fingerprint density at radius 2 is 2.40 bits per heavy atom. The summed E-state index contributed by atoms with van der Waals surface area (Å²) in [7, 11) is 1.36. The first kappa shape index (κ1) is 7.07. The Balaban J connectivity index is 2.44. The van der Waals surface area contributed by atoms with E-state index in [1.807, 2.05) is 0 Å². The maximum Gasteiger partial charge on any atom is 0.309 e. The summed E-state index contributed by atoms with van der Waals surface area (Å²) in [5.41, 5.74) is 0. The van der Waals surface area contributed by atoms with Crippen molar-refractivity contribution in [2.45, 2.75) is 12.8 Å². The Bertz CT molecular complexity index is 183. The van der Waals surface area contributed by atoms with Gasteiger partial charge in [-0.05, 0) is 12.8 Å². The molecule has 2 atom stereocenters. The van der Waals surface area contributed by atoms with Crippen LogP contribution in [0.3, 0.4) is 0 Å². The van der Waals surface area contributed by atoms with Crippen molar-refractivity contribution < 1.29 is 9.53 Å². The Morgan fingerprint density at radius 3 is 2.70 bits per heavy atom. The Labute approximate surface area is 59.6 Å². The van der Waals surface area contributed by atoms with Gasteiger partial charge in [0.15, 0.2) is 0 Å². The molecule has 0 radical (unpaired) electrons. The third-order valence-corrected chi connectivity index (χ3v) is 1.94. The van der Waals surface area contributed by atoms with E-state index in [1.54, 1.807) is 0 Å². The number of carbonyl (C=O) groups excluding carboxylic acids is 1. The van der Waals surface area contributed by atoms with Crippen molar-refractivity contribution in [1.29, 1.82) is 5.26 Å². The van der Waals surface area contributed by atoms with Crippen LogP contribution < -0.4 is 0 Å². The first-order chi connectivity index (χ1) is 4.79. The second kappa shape index (κ2) is 2.70. The van der Waals surface area contributed by atoms with E-state index in [9.17, 15) is 4.79 Å². The van der Waals surface area contributed by atoms with Gasteiger partial charge in [-0.3, -0.25) is 4.79 Å². The molecule has 0 amide bonds. The van der Waals surface area contributed by atoms with Crippen molar-refractivity contribution >= 4 is 5.97 Å². The molecule has 1 aliphatic rings. The maximum atomic E-state index is 10.8. The molecule has 1 fully saturated rings. The van der Waals surface area contributed by atoms with E-state index in [1.165, 1.54) is 7.11 Å². The molecule has 1 saturated carbocycles. The number of methoxy groups -OCH3 is 1. The normalized spacial score (nSPS) is 30.0. The number of rotatable bonds is 1. The van der Waals surface area contributed by atoms with Crippen LogP contribution in [0.1, 0.15) is 12.8 Å². The SMILES string of the molecule is COC(=O)[C@@H]1CC[C@H]1C#N. The van der Waals surface area contributed by atoms with Crippen LogP contribution in [-0.2, 0) is 9.53 Å². The van der Waals surface area contributed by atoms with E-state index in [0.717, 1.165) is 12.8 Å². The molecule has 0 unspecified atom stereocenters. The number of carbonyl (C=O) groups is 1. The lowest BCUT2D eigenvalue weighted by Gasteiger charge is -2.28. The molecule has 3 nitrogen and oxygen atoms in total. The zero-order valence-corrected chi connectivity index (χ0v) is 5.83. The second-order valence-electron chi connectivity index (χ2n) is 2.44. The highest BCUT2D eigenvalue weighted by Crippen LogP contribution is 2.34. The van der Waals surface area contributed by atoms with Gasteiger partial charge < -0.3 is 4.74 Å². The first-order valence-corrected chi connectivity index (χ1v) is 3.27. The molecule has 0 aliphatic heterocycles. The van der Waals surface area contributed by atoms with Crippen LogP contribution in [-0.4, -0.2) is 13.1 Å². The van der Waals surface area contributed by atoms with E-state index in [0.29, 0.717) is 0 Å². The predicted octanol–water partition coefficient (Wildman–Crippen LogP) is 0.709. The van der Waals surface area contributed by atoms with Gasteiger partial charge in [0.2, 0.25) is 0 Å². The average Bonchev–Trinajstić information content (AvgIpc) is 1.86. The fourth-order valence-electron chi connectivity index (χ4n) is 1.09. The van der Waals surface area contributed by atoms with Gasteiger partial charge in [0.05, 0.1) is 25.0 Å². The average molecular weight is 139 g/mol. The van der Waals surface area contributed by atoms with Crippen LogP contribution in [0.25, 0.3) is 0 Å². The Morgan fingerprint density at radius 1 is 1.70 bits per heavy atom.